The Hall–Kier alpha value is -1.61. The summed E-state index contributed by atoms with van der Waals surface area (Å²) >= 11 is 0. The van der Waals surface area contributed by atoms with Gasteiger partial charge in [-0.1, -0.05) is 30.3 Å². The molecule has 1 aliphatic carbocycles. The van der Waals surface area contributed by atoms with Crippen LogP contribution in [0.4, 0.5) is 0 Å². The third-order valence-electron chi connectivity index (χ3n) is 4.02. The average molecular weight is 255 g/mol. The highest BCUT2D eigenvalue weighted by molar-refractivity contribution is 5.18. The van der Waals surface area contributed by atoms with Gasteiger partial charge in [0, 0.05) is 24.5 Å². The van der Waals surface area contributed by atoms with Gasteiger partial charge >= 0.3 is 0 Å². The van der Waals surface area contributed by atoms with Gasteiger partial charge in [-0.25, -0.2) is 4.98 Å². The average Bonchev–Trinajstić information content (AvgIpc) is 3.19. The van der Waals surface area contributed by atoms with Crippen molar-refractivity contribution >= 4 is 0 Å². The van der Waals surface area contributed by atoms with Crippen LogP contribution in [0, 0.1) is 0 Å². The normalized spacial score (nSPS) is 16.8. The molecular weight excluding hydrogens is 234 g/mol. The molecule has 0 bridgehead atoms. The molecule has 1 aliphatic rings. The van der Waals surface area contributed by atoms with Crippen molar-refractivity contribution in [2.75, 3.05) is 7.05 Å². The third-order valence-corrected chi connectivity index (χ3v) is 4.02. The molecule has 3 heteroatoms. The molecule has 0 spiro atoms. The molecule has 1 fully saturated rings. The summed E-state index contributed by atoms with van der Waals surface area (Å²) < 4.78 is 2.34. The van der Waals surface area contributed by atoms with Crippen molar-refractivity contribution in [3.05, 3.63) is 54.1 Å². The highest BCUT2D eigenvalue weighted by atomic mass is 15.2. The topological polar surface area (TPSA) is 21.1 Å². The van der Waals surface area contributed by atoms with Crippen molar-refractivity contribution in [1.29, 1.82) is 0 Å². The van der Waals surface area contributed by atoms with E-state index in [9.17, 15) is 0 Å². The number of aromatic nitrogens is 2. The maximum absolute atomic E-state index is 4.51. The summed E-state index contributed by atoms with van der Waals surface area (Å²) in [6.45, 7) is 3.15. The van der Waals surface area contributed by atoms with Gasteiger partial charge in [0.1, 0.15) is 5.82 Å². The molecule has 2 aromatic rings. The predicted molar refractivity (Wildman–Crippen MR) is 76.8 cm³/mol. The van der Waals surface area contributed by atoms with E-state index >= 15 is 0 Å². The maximum Gasteiger partial charge on any atom is 0.123 e. The largest absolute Gasteiger partial charge is 0.331 e. The summed E-state index contributed by atoms with van der Waals surface area (Å²) in [5, 5.41) is 0. The van der Waals surface area contributed by atoms with Gasteiger partial charge < -0.3 is 4.57 Å². The lowest BCUT2D eigenvalue weighted by Crippen LogP contribution is -2.23. The highest BCUT2D eigenvalue weighted by Crippen LogP contribution is 2.36. The van der Waals surface area contributed by atoms with E-state index in [1.54, 1.807) is 0 Å². The lowest BCUT2D eigenvalue weighted by Gasteiger charge is -2.25. The van der Waals surface area contributed by atoms with Gasteiger partial charge in [-0.15, -0.1) is 0 Å². The molecule has 19 heavy (non-hydrogen) atoms. The van der Waals surface area contributed by atoms with Crippen molar-refractivity contribution in [1.82, 2.24) is 14.5 Å². The van der Waals surface area contributed by atoms with Crippen molar-refractivity contribution in [3.63, 3.8) is 0 Å². The van der Waals surface area contributed by atoms with Gasteiger partial charge in [-0.2, -0.15) is 0 Å². The van der Waals surface area contributed by atoms with Crippen LogP contribution in [-0.2, 0) is 6.54 Å². The number of rotatable bonds is 5. The quantitative estimate of drug-likeness (QED) is 0.816. The molecule has 3 nitrogen and oxygen atoms in total. The number of imidazole rings is 1. The van der Waals surface area contributed by atoms with Gasteiger partial charge in [0.15, 0.2) is 0 Å². The summed E-state index contributed by atoms with van der Waals surface area (Å²) in [6, 6.07) is 11.8. The molecule has 1 saturated carbocycles. The Morgan fingerprint density at radius 3 is 2.74 bits per heavy atom. The van der Waals surface area contributed by atoms with Crippen LogP contribution < -0.4 is 0 Å². The van der Waals surface area contributed by atoms with Crippen LogP contribution in [-0.4, -0.2) is 21.5 Å². The molecule has 1 aromatic heterocycles. The van der Waals surface area contributed by atoms with Crippen LogP contribution >= 0.6 is 0 Å². The van der Waals surface area contributed by atoms with Gasteiger partial charge in [0.05, 0.1) is 6.54 Å². The molecule has 0 saturated heterocycles. The minimum absolute atomic E-state index is 0.408. The van der Waals surface area contributed by atoms with E-state index in [2.05, 4.69) is 65.0 Å². The second kappa shape index (κ2) is 5.17. The molecule has 0 radical (unpaired) electrons. The first-order valence-corrected chi connectivity index (χ1v) is 7.02. The standard InChI is InChI=1S/C16H21N3/c1-13(14-6-4-3-5-7-14)18(2)12-16-17-10-11-19(16)15-8-9-15/h3-7,10-11,13,15H,8-9,12H2,1-2H3/t13-/m0/s1. The second-order valence-corrected chi connectivity index (χ2v) is 5.48. The van der Waals surface area contributed by atoms with E-state index in [-0.39, 0.29) is 0 Å². The van der Waals surface area contributed by atoms with E-state index in [4.69, 9.17) is 0 Å². The van der Waals surface area contributed by atoms with Crippen LogP contribution in [0.25, 0.3) is 0 Å². The maximum atomic E-state index is 4.51. The van der Waals surface area contributed by atoms with Crippen molar-refractivity contribution in [2.45, 2.75) is 38.4 Å². The molecule has 1 aromatic carbocycles. The van der Waals surface area contributed by atoms with Crippen molar-refractivity contribution in [2.24, 2.45) is 0 Å². The molecule has 0 N–H and O–H groups in total. The Kier molecular flexibility index (Phi) is 3.38. The predicted octanol–water partition coefficient (Wildman–Crippen LogP) is 3.41. The highest BCUT2D eigenvalue weighted by Gasteiger charge is 2.26. The van der Waals surface area contributed by atoms with E-state index in [1.807, 2.05) is 6.20 Å². The van der Waals surface area contributed by atoms with E-state index in [0.29, 0.717) is 12.1 Å². The van der Waals surface area contributed by atoms with Gasteiger partial charge in [-0.3, -0.25) is 4.90 Å². The lowest BCUT2D eigenvalue weighted by atomic mass is 10.1. The summed E-state index contributed by atoms with van der Waals surface area (Å²) in [5.74, 6) is 1.19. The Morgan fingerprint density at radius 1 is 1.32 bits per heavy atom. The van der Waals surface area contributed by atoms with Crippen LogP contribution in [0.2, 0.25) is 0 Å². The van der Waals surface area contributed by atoms with Crippen molar-refractivity contribution in [3.8, 4) is 0 Å². The van der Waals surface area contributed by atoms with Crippen LogP contribution in [0.1, 0.15) is 43.2 Å². The van der Waals surface area contributed by atoms with E-state index in [0.717, 1.165) is 6.54 Å². The van der Waals surface area contributed by atoms with Gasteiger partial charge in [0.25, 0.3) is 0 Å². The Balaban J connectivity index is 1.70. The number of hydrogen-bond donors (Lipinski definition) is 0. The molecule has 1 atom stereocenters. The summed E-state index contributed by atoms with van der Waals surface area (Å²) in [4.78, 5) is 6.87. The van der Waals surface area contributed by atoms with Crippen molar-refractivity contribution < 1.29 is 0 Å². The number of hydrogen-bond acceptors (Lipinski definition) is 2. The molecule has 3 rings (SSSR count). The van der Waals surface area contributed by atoms with E-state index in [1.165, 1.54) is 24.2 Å². The molecule has 1 heterocycles. The summed E-state index contributed by atoms with van der Waals surface area (Å²) in [5.41, 5.74) is 1.36. The molecule has 100 valence electrons. The Labute approximate surface area is 114 Å². The SMILES string of the molecule is C[C@@H](c1ccccc1)N(C)Cc1nccn1C1CC1. The third kappa shape index (κ3) is 2.71. The zero-order valence-electron chi connectivity index (χ0n) is 11.7. The van der Waals surface area contributed by atoms with Crippen LogP contribution in [0.15, 0.2) is 42.7 Å². The molecule has 0 unspecified atom stereocenters. The van der Waals surface area contributed by atoms with Crippen LogP contribution in [0.5, 0.6) is 0 Å². The first-order valence-electron chi connectivity index (χ1n) is 7.02. The minimum Gasteiger partial charge on any atom is -0.331 e. The fourth-order valence-corrected chi connectivity index (χ4v) is 2.50. The smallest absolute Gasteiger partial charge is 0.123 e. The minimum atomic E-state index is 0.408. The molecular formula is C16H21N3. The summed E-state index contributed by atoms with van der Waals surface area (Å²) in [6.07, 6.45) is 6.66. The molecule has 0 amide bonds. The molecule has 0 aliphatic heterocycles. The van der Waals surface area contributed by atoms with Crippen LogP contribution in [0.3, 0.4) is 0 Å². The Morgan fingerprint density at radius 2 is 2.05 bits per heavy atom. The Bertz CT molecular complexity index is 528. The van der Waals surface area contributed by atoms with E-state index < -0.39 is 0 Å². The monoisotopic (exact) mass is 255 g/mol. The first kappa shape index (κ1) is 12.4. The lowest BCUT2D eigenvalue weighted by molar-refractivity contribution is 0.243. The number of benzene rings is 1. The summed E-state index contributed by atoms with van der Waals surface area (Å²) in [7, 11) is 2.17. The fourth-order valence-electron chi connectivity index (χ4n) is 2.50. The second-order valence-electron chi connectivity index (χ2n) is 5.48. The first-order chi connectivity index (χ1) is 9.25. The fraction of sp³-hybridized carbons (Fsp3) is 0.438. The zero-order chi connectivity index (χ0) is 13.2. The van der Waals surface area contributed by atoms with Gasteiger partial charge in [0.2, 0.25) is 0 Å². The van der Waals surface area contributed by atoms with Gasteiger partial charge in [-0.05, 0) is 32.4 Å². The number of nitrogens with zero attached hydrogens (tertiary/aromatic N) is 3. The zero-order valence-corrected chi connectivity index (χ0v) is 11.7.